The third-order valence-electron chi connectivity index (χ3n) is 8.27. The number of hydrogen-bond donors (Lipinski definition) is 3. The van der Waals surface area contributed by atoms with Crippen molar-refractivity contribution < 1.29 is 28.6 Å². The van der Waals surface area contributed by atoms with Gasteiger partial charge in [-0.05, 0) is 73.0 Å². The van der Waals surface area contributed by atoms with E-state index in [9.17, 15) is 14.4 Å². The monoisotopic (exact) mass is 761 g/mol. The van der Waals surface area contributed by atoms with Gasteiger partial charge in [-0.15, -0.1) is 0 Å². The van der Waals surface area contributed by atoms with Crippen molar-refractivity contribution in [1.82, 2.24) is 20.6 Å². The van der Waals surface area contributed by atoms with Crippen LogP contribution in [0.4, 0.5) is 4.79 Å². The van der Waals surface area contributed by atoms with Crippen LogP contribution in [0.15, 0.2) is 130 Å². The fourth-order valence-corrected chi connectivity index (χ4v) is 6.22. The number of halogens is 1. The zero-order chi connectivity index (χ0) is 36.6. The van der Waals surface area contributed by atoms with Crippen LogP contribution in [0.3, 0.4) is 0 Å². The Morgan fingerprint density at radius 1 is 0.923 bits per heavy atom. The van der Waals surface area contributed by atoms with E-state index in [1.54, 1.807) is 38.3 Å². The van der Waals surface area contributed by atoms with Crippen LogP contribution in [-0.4, -0.2) is 49.0 Å². The summed E-state index contributed by atoms with van der Waals surface area (Å²) in [5.41, 5.74) is 9.41. The molecule has 5 aromatic rings. The predicted molar refractivity (Wildman–Crippen MR) is 202 cm³/mol. The number of ether oxygens (including phenoxy) is 3. The van der Waals surface area contributed by atoms with Gasteiger partial charge in [0.15, 0.2) is 18.1 Å². The zero-order valence-electron chi connectivity index (χ0n) is 28.7. The maximum atomic E-state index is 13.0. The molecule has 11 nitrogen and oxygen atoms in total. The second-order valence-corrected chi connectivity index (χ2v) is 12.6. The summed E-state index contributed by atoms with van der Waals surface area (Å²) in [4.78, 5) is 38.0. The quantitative estimate of drug-likeness (QED) is 0.0695. The Bertz CT molecular complexity index is 2150. The number of nitrogens with zero attached hydrogens (tertiary/aromatic N) is 2. The number of amides is 3. The summed E-state index contributed by atoms with van der Waals surface area (Å²) in [6.07, 6.45) is 1.63. The highest BCUT2D eigenvalue weighted by atomic mass is 79.9. The fourth-order valence-electron chi connectivity index (χ4n) is 5.96. The standard InChI is InChI=1S/C40H36BrN5O6/c1-4-51-39(48)36-25(2)43-40(49)44-37(36)28-15-20-33(34(22-28)50-3)52-24-35(47)45-42-23-29-21-32(26-11-7-5-8-12-26)46(31-18-16-30(41)17-19-31)38(29)27-13-9-6-10-14-27/h5-23,37H,4,24H2,1-3H3,(H,45,47)(H2,43,44,49)/b42-23-/t37-/m1/s1. The highest BCUT2D eigenvalue weighted by Crippen LogP contribution is 2.37. The van der Waals surface area contributed by atoms with Crippen LogP contribution < -0.4 is 25.5 Å². The van der Waals surface area contributed by atoms with Gasteiger partial charge in [-0.25, -0.2) is 15.0 Å². The van der Waals surface area contributed by atoms with Crippen LogP contribution in [0.25, 0.3) is 28.2 Å². The maximum absolute atomic E-state index is 13.0. The van der Waals surface area contributed by atoms with Gasteiger partial charge < -0.3 is 29.4 Å². The van der Waals surface area contributed by atoms with Gasteiger partial charge >= 0.3 is 12.0 Å². The van der Waals surface area contributed by atoms with Crippen molar-refractivity contribution in [2.24, 2.45) is 5.10 Å². The third kappa shape index (κ3) is 7.92. The van der Waals surface area contributed by atoms with Crippen molar-refractivity contribution in [2.45, 2.75) is 19.9 Å². The van der Waals surface area contributed by atoms with Crippen molar-refractivity contribution in [3.8, 4) is 39.7 Å². The average Bonchev–Trinajstić information content (AvgIpc) is 3.54. The summed E-state index contributed by atoms with van der Waals surface area (Å²) in [5.74, 6) is -0.453. The fraction of sp³-hybridized carbons (Fsp3) is 0.150. The number of hydrogen-bond acceptors (Lipinski definition) is 7. The van der Waals surface area contributed by atoms with Crippen molar-refractivity contribution >= 4 is 40.1 Å². The van der Waals surface area contributed by atoms with Crippen molar-refractivity contribution in [2.75, 3.05) is 20.3 Å². The Kier molecular flexibility index (Phi) is 11.2. The van der Waals surface area contributed by atoms with Gasteiger partial charge in [-0.3, -0.25) is 4.79 Å². The van der Waals surface area contributed by atoms with Gasteiger partial charge in [0.25, 0.3) is 5.91 Å². The van der Waals surface area contributed by atoms with E-state index in [-0.39, 0.29) is 24.5 Å². The smallest absolute Gasteiger partial charge is 0.338 e. The number of rotatable bonds is 12. The van der Waals surface area contributed by atoms with E-state index in [1.165, 1.54) is 7.11 Å². The average molecular weight is 763 g/mol. The molecule has 0 unspecified atom stereocenters. The minimum absolute atomic E-state index is 0.181. The number of aromatic nitrogens is 1. The molecule has 6 rings (SSSR count). The van der Waals surface area contributed by atoms with Crippen molar-refractivity contribution in [3.05, 3.63) is 136 Å². The van der Waals surface area contributed by atoms with E-state index in [0.29, 0.717) is 17.0 Å². The van der Waals surface area contributed by atoms with Crippen LogP contribution in [0.2, 0.25) is 0 Å². The Hall–Kier alpha value is -6.14. The van der Waals surface area contributed by atoms with Crippen LogP contribution in [-0.2, 0) is 14.3 Å². The Labute approximate surface area is 309 Å². The first-order valence-corrected chi connectivity index (χ1v) is 17.3. The first-order valence-electron chi connectivity index (χ1n) is 16.5. The number of nitrogens with one attached hydrogen (secondary N) is 3. The number of allylic oxidation sites excluding steroid dienone is 1. The van der Waals surface area contributed by atoms with Crippen LogP contribution >= 0.6 is 15.9 Å². The molecule has 264 valence electrons. The molecule has 0 fully saturated rings. The molecule has 3 N–H and O–H groups in total. The van der Waals surface area contributed by atoms with Gasteiger partial charge in [-0.1, -0.05) is 82.7 Å². The Morgan fingerprint density at radius 3 is 2.29 bits per heavy atom. The molecule has 52 heavy (non-hydrogen) atoms. The topological polar surface area (TPSA) is 132 Å². The van der Waals surface area contributed by atoms with Gasteiger partial charge in [0.2, 0.25) is 0 Å². The van der Waals surface area contributed by atoms with Gasteiger partial charge in [0.1, 0.15) is 0 Å². The number of esters is 1. The van der Waals surface area contributed by atoms with Crippen LogP contribution in [0, 0.1) is 0 Å². The van der Waals surface area contributed by atoms with E-state index >= 15 is 0 Å². The van der Waals surface area contributed by atoms with E-state index in [4.69, 9.17) is 14.2 Å². The molecule has 1 aliphatic rings. The SMILES string of the molecule is CCOC(=O)C1=C(C)NC(=O)N[C@@H]1c1ccc(OCC(=O)N/N=C\c2cc(-c3ccccc3)n(-c3ccc(Br)cc3)c2-c2ccccc2)c(OC)c1. The molecule has 0 aliphatic carbocycles. The van der Waals surface area contributed by atoms with E-state index in [1.807, 2.05) is 78.9 Å². The second-order valence-electron chi connectivity index (χ2n) is 11.7. The Balaban J connectivity index is 1.22. The van der Waals surface area contributed by atoms with Crippen molar-refractivity contribution in [3.63, 3.8) is 0 Å². The summed E-state index contributed by atoms with van der Waals surface area (Å²) in [5, 5.41) is 9.69. The number of carbonyl (C=O) groups is 3. The van der Waals surface area contributed by atoms with E-state index < -0.39 is 23.9 Å². The number of urea groups is 1. The summed E-state index contributed by atoms with van der Waals surface area (Å²) in [6, 6.07) is 33.9. The first kappa shape index (κ1) is 35.7. The lowest BCUT2D eigenvalue weighted by Crippen LogP contribution is -2.45. The molecule has 1 aromatic heterocycles. The molecule has 2 heterocycles. The summed E-state index contributed by atoms with van der Waals surface area (Å²) >= 11 is 3.55. The number of methoxy groups -OCH3 is 1. The van der Waals surface area contributed by atoms with E-state index in [2.05, 4.69) is 53.8 Å². The predicted octanol–water partition coefficient (Wildman–Crippen LogP) is 7.30. The minimum atomic E-state index is -0.782. The van der Waals surface area contributed by atoms with Crippen LogP contribution in [0.5, 0.6) is 11.5 Å². The third-order valence-corrected chi connectivity index (χ3v) is 8.80. The number of hydrazone groups is 1. The maximum Gasteiger partial charge on any atom is 0.338 e. The van der Waals surface area contributed by atoms with Gasteiger partial charge in [-0.2, -0.15) is 5.10 Å². The van der Waals surface area contributed by atoms with Gasteiger partial charge in [0, 0.05) is 21.4 Å². The molecule has 0 bridgehead atoms. The number of benzene rings is 4. The molecular weight excluding hydrogens is 726 g/mol. The van der Waals surface area contributed by atoms with E-state index in [0.717, 1.165) is 38.2 Å². The Morgan fingerprint density at radius 2 is 1.62 bits per heavy atom. The molecule has 12 heteroatoms. The normalized spacial score (nSPS) is 14.1. The second kappa shape index (κ2) is 16.3. The first-order chi connectivity index (χ1) is 25.3. The largest absolute Gasteiger partial charge is 0.493 e. The summed E-state index contributed by atoms with van der Waals surface area (Å²) < 4.78 is 19.7. The molecule has 0 spiro atoms. The highest BCUT2D eigenvalue weighted by Gasteiger charge is 2.32. The molecule has 4 aromatic carbocycles. The molecule has 0 saturated heterocycles. The zero-order valence-corrected chi connectivity index (χ0v) is 30.3. The molecule has 1 atom stereocenters. The summed E-state index contributed by atoms with van der Waals surface area (Å²) in [6.45, 7) is 3.17. The lowest BCUT2D eigenvalue weighted by molar-refractivity contribution is -0.139. The molecule has 3 amide bonds. The highest BCUT2D eigenvalue weighted by molar-refractivity contribution is 9.10. The van der Waals surface area contributed by atoms with Crippen LogP contribution in [0.1, 0.15) is 31.0 Å². The number of carbonyl (C=O) groups excluding carboxylic acids is 3. The molecule has 0 saturated carbocycles. The van der Waals surface area contributed by atoms with Gasteiger partial charge in [0.05, 0.1) is 42.9 Å². The molecule has 0 radical (unpaired) electrons. The summed E-state index contributed by atoms with van der Waals surface area (Å²) in [7, 11) is 1.46. The lowest BCUT2D eigenvalue weighted by atomic mass is 9.95. The van der Waals surface area contributed by atoms with Crippen molar-refractivity contribution in [1.29, 1.82) is 0 Å². The molecular formula is C40H36BrN5O6. The lowest BCUT2D eigenvalue weighted by Gasteiger charge is -2.28. The minimum Gasteiger partial charge on any atom is -0.493 e. The molecule has 1 aliphatic heterocycles.